The molecule has 10 heavy (non-hydrogen) atoms. The Morgan fingerprint density at radius 2 is 2.40 bits per heavy atom. The number of hydrogen-bond donors (Lipinski definition) is 2. The average Bonchev–Trinajstić information content (AvgIpc) is 1.88. The minimum atomic E-state index is -1.82. The fraction of sp³-hybridized carbons (Fsp3) is 1.00. The third-order valence-corrected chi connectivity index (χ3v) is 2.41. The zero-order chi connectivity index (χ0) is 7.56. The number of rotatable bonds is 1. The molecule has 0 aliphatic carbocycles. The van der Waals surface area contributed by atoms with E-state index in [1.807, 2.05) is 0 Å². The first-order valence-corrected chi connectivity index (χ1v) is 4.38. The van der Waals surface area contributed by atoms with Crippen LogP contribution in [-0.2, 0) is 11.3 Å². The molecular weight excluding hydrogens is 152 g/mol. The lowest BCUT2D eigenvalue weighted by molar-refractivity contribution is 0.310. The summed E-state index contributed by atoms with van der Waals surface area (Å²) < 4.78 is 20.6. The van der Waals surface area contributed by atoms with Crippen molar-refractivity contribution < 1.29 is 8.76 Å². The fourth-order valence-corrected chi connectivity index (χ4v) is 1.72. The predicted octanol–water partition coefficient (Wildman–Crippen LogP) is -0.454. The maximum absolute atomic E-state index is 10.5. The Balaban J connectivity index is 2.39. The summed E-state index contributed by atoms with van der Waals surface area (Å²) in [5.74, 6) is 0. The van der Waals surface area contributed by atoms with Gasteiger partial charge in [0.25, 0.3) is 0 Å². The molecule has 4 nitrogen and oxygen atoms in total. The SMILES string of the molecule is N[C@@H]1CCCN(S(=O)O)C1. The molecule has 0 aromatic carbocycles. The molecule has 1 saturated heterocycles. The summed E-state index contributed by atoms with van der Waals surface area (Å²) in [5, 5.41) is 0. The van der Waals surface area contributed by atoms with Crippen LogP contribution in [0, 0.1) is 0 Å². The molecule has 1 unspecified atom stereocenters. The Kier molecular flexibility index (Phi) is 2.79. The Morgan fingerprint density at radius 1 is 1.70 bits per heavy atom. The smallest absolute Gasteiger partial charge is 0.234 e. The van der Waals surface area contributed by atoms with Gasteiger partial charge in [-0.05, 0) is 12.8 Å². The molecule has 1 rings (SSSR count). The topological polar surface area (TPSA) is 66.6 Å². The number of piperidine rings is 1. The second kappa shape index (κ2) is 3.43. The molecular formula is C5H12N2O2S. The van der Waals surface area contributed by atoms with Crippen LogP contribution in [0.3, 0.4) is 0 Å². The minimum Gasteiger partial charge on any atom is -0.327 e. The molecule has 0 amide bonds. The largest absolute Gasteiger partial charge is 0.327 e. The van der Waals surface area contributed by atoms with E-state index in [1.165, 1.54) is 4.31 Å². The van der Waals surface area contributed by atoms with Crippen LogP contribution in [0.5, 0.6) is 0 Å². The molecule has 0 bridgehead atoms. The summed E-state index contributed by atoms with van der Waals surface area (Å²) in [6.07, 6.45) is 1.89. The van der Waals surface area contributed by atoms with E-state index in [0.29, 0.717) is 13.1 Å². The number of nitrogens with two attached hydrogens (primary N) is 1. The molecule has 2 atom stereocenters. The molecule has 0 radical (unpaired) electrons. The van der Waals surface area contributed by atoms with Gasteiger partial charge in [-0.25, -0.2) is 4.21 Å². The summed E-state index contributed by atoms with van der Waals surface area (Å²) in [7, 11) is 0. The van der Waals surface area contributed by atoms with Gasteiger partial charge < -0.3 is 5.73 Å². The van der Waals surface area contributed by atoms with E-state index >= 15 is 0 Å². The van der Waals surface area contributed by atoms with Crippen LogP contribution >= 0.6 is 0 Å². The maximum Gasteiger partial charge on any atom is 0.234 e. The van der Waals surface area contributed by atoms with Crippen LogP contribution in [0.25, 0.3) is 0 Å². The van der Waals surface area contributed by atoms with E-state index in [2.05, 4.69) is 0 Å². The van der Waals surface area contributed by atoms with E-state index in [1.54, 1.807) is 0 Å². The van der Waals surface area contributed by atoms with E-state index in [4.69, 9.17) is 10.3 Å². The summed E-state index contributed by atoms with van der Waals surface area (Å²) in [5.41, 5.74) is 5.58. The Hall–Kier alpha value is 0.0300. The third-order valence-electron chi connectivity index (χ3n) is 1.64. The van der Waals surface area contributed by atoms with Crippen molar-refractivity contribution in [2.45, 2.75) is 18.9 Å². The van der Waals surface area contributed by atoms with Gasteiger partial charge in [0.15, 0.2) is 0 Å². The van der Waals surface area contributed by atoms with E-state index < -0.39 is 11.3 Å². The zero-order valence-electron chi connectivity index (χ0n) is 5.69. The average molecular weight is 164 g/mol. The van der Waals surface area contributed by atoms with Crippen molar-refractivity contribution in [3.8, 4) is 0 Å². The monoisotopic (exact) mass is 164 g/mol. The Morgan fingerprint density at radius 3 is 2.80 bits per heavy atom. The summed E-state index contributed by atoms with van der Waals surface area (Å²) in [6.45, 7) is 1.24. The highest BCUT2D eigenvalue weighted by molar-refractivity contribution is 7.76. The standard InChI is InChI=1S/C5H12N2O2S/c6-5-2-1-3-7(4-5)10(8)9/h5H,1-4,6H2,(H,8,9)/t5-/m1/s1. The van der Waals surface area contributed by atoms with Gasteiger partial charge in [0.1, 0.15) is 0 Å². The molecule has 1 aliphatic heterocycles. The Bertz CT molecular complexity index is 142. The lowest BCUT2D eigenvalue weighted by Crippen LogP contribution is -2.43. The van der Waals surface area contributed by atoms with E-state index in [0.717, 1.165) is 12.8 Å². The van der Waals surface area contributed by atoms with Crippen molar-refractivity contribution in [1.29, 1.82) is 0 Å². The quantitative estimate of drug-likeness (QED) is 0.516. The van der Waals surface area contributed by atoms with Crippen molar-refractivity contribution >= 4 is 11.3 Å². The molecule has 1 fully saturated rings. The highest BCUT2D eigenvalue weighted by Gasteiger charge is 2.19. The highest BCUT2D eigenvalue weighted by atomic mass is 32.2. The summed E-state index contributed by atoms with van der Waals surface area (Å²) in [4.78, 5) is 0. The van der Waals surface area contributed by atoms with Gasteiger partial charge >= 0.3 is 0 Å². The van der Waals surface area contributed by atoms with Crippen LogP contribution in [0.1, 0.15) is 12.8 Å². The molecule has 0 aromatic rings. The molecule has 1 aliphatic rings. The van der Waals surface area contributed by atoms with E-state index in [9.17, 15) is 4.21 Å². The third kappa shape index (κ3) is 2.02. The molecule has 0 aromatic heterocycles. The summed E-state index contributed by atoms with van der Waals surface area (Å²) in [6, 6.07) is 0.0739. The molecule has 5 heteroatoms. The van der Waals surface area contributed by atoms with Gasteiger partial charge in [-0.1, -0.05) is 0 Å². The van der Waals surface area contributed by atoms with Gasteiger partial charge in [0, 0.05) is 19.1 Å². The molecule has 0 saturated carbocycles. The number of hydrogen-bond acceptors (Lipinski definition) is 2. The fourth-order valence-electron chi connectivity index (χ4n) is 1.12. The van der Waals surface area contributed by atoms with Crippen LogP contribution in [0.2, 0.25) is 0 Å². The highest BCUT2D eigenvalue weighted by Crippen LogP contribution is 2.08. The first-order chi connectivity index (χ1) is 4.70. The second-order valence-corrected chi connectivity index (χ2v) is 3.50. The normalized spacial score (nSPS) is 32.0. The summed E-state index contributed by atoms with van der Waals surface area (Å²) >= 11 is -1.82. The Labute approximate surface area is 62.8 Å². The zero-order valence-corrected chi connectivity index (χ0v) is 6.51. The maximum atomic E-state index is 10.5. The van der Waals surface area contributed by atoms with Gasteiger partial charge in [0.05, 0.1) is 0 Å². The van der Waals surface area contributed by atoms with Crippen molar-refractivity contribution in [3.63, 3.8) is 0 Å². The van der Waals surface area contributed by atoms with Gasteiger partial charge in [-0.15, -0.1) is 0 Å². The first-order valence-electron chi connectivity index (χ1n) is 3.31. The van der Waals surface area contributed by atoms with Crippen LogP contribution in [0.15, 0.2) is 0 Å². The molecule has 0 spiro atoms. The van der Waals surface area contributed by atoms with Crippen molar-refractivity contribution in [2.24, 2.45) is 5.73 Å². The van der Waals surface area contributed by atoms with Gasteiger partial charge in [-0.2, -0.15) is 4.31 Å². The van der Waals surface area contributed by atoms with Crippen LogP contribution in [-0.4, -0.2) is 32.2 Å². The van der Waals surface area contributed by atoms with Crippen LogP contribution < -0.4 is 5.73 Å². The predicted molar refractivity (Wildman–Crippen MR) is 39.6 cm³/mol. The van der Waals surface area contributed by atoms with Crippen molar-refractivity contribution in [2.75, 3.05) is 13.1 Å². The lowest BCUT2D eigenvalue weighted by atomic mass is 10.1. The van der Waals surface area contributed by atoms with E-state index in [-0.39, 0.29) is 6.04 Å². The van der Waals surface area contributed by atoms with Crippen molar-refractivity contribution in [1.82, 2.24) is 4.31 Å². The minimum absolute atomic E-state index is 0.0739. The van der Waals surface area contributed by atoms with Gasteiger partial charge in [0.2, 0.25) is 11.3 Å². The van der Waals surface area contributed by atoms with Gasteiger partial charge in [-0.3, -0.25) is 4.55 Å². The number of nitrogens with zero attached hydrogens (tertiary/aromatic N) is 1. The molecule has 1 heterocycles. The molecule has 60 valence electrons. The van der Waals surface area contributed by atoms with Crippen LogP contribution in [0.4, 0.5) is 0 Å². The lowest BCUT2D eigenvalue weighted by Gasteiger charge is -2.26. The second-order valence-electron chi connectivity index (χ2n) is 2.52. The first kappa shape index (κ1) is 8.13. The molecule has 3 N–H and O–H groups in total. The van der Waals surface area contributed by atoms with Crippen molar-refractivity contribution in [3.05, 3.63) is 0 Å².